The van der Waals surface area contributed by atoms with E-state index in [4.69, 9.17) is 27.2 Å². The lowest BCUT2D eigenvalue weighted by Gasteiger charge is -2.17. The highest BCUT2D eigenvalue weighted by Crippen LogP contribution is 2.31. The van der Waals surface area contributed by atoms with Crippen molar-refractivity contribution < 1.29 is 14.6 Å². The predicted octanol–water partition coefficient (Wildman–Crippen LogP) is 2.26. The fraction of sp³-hybridized carbons (Fsp3) is 0.417. The molecule has 0 aliphatic rings. The van der Waals surface area contributed by atoms with Gasteiger partial charge in [-0.15, -0.1) is 0 Å². The summed E-state index contributed by atoms with van der Waals surface area (Å²) in [4.78, 5) is 10.6. The van der Waals surface area contributed by atoms with E-state index in [0.29, 0.717) is 23.7 Å². The van der Waals surface area contributed by atoms with Gasteiger partial charge in [-0.2, -0.15) is 0 Å². The van der Waals surface area contributed by atoms with Crippen LogP contribution in [0.2, 0.25) is 5.02 Å². The van der Waals surface area contributed by atoms with Crippen LogP contribution in [-0.4, -0.2) is 24.7 Å². The second kappa shape index (κ2) is 6.47. The second-order valence-corrected chi connectivity index (χ2v) is 4.19. The molecule has 0 heterocycles. The smallest absolute Gasteiger partial charge is 0.303 e. The van der Waals surface area contributed by atoms with Crippen LogP contribution in [0.1, 0.15) is 24.3 Å². The molecule has 1 aromatic carbocycles. The summed E-state index contributed by atoms with van der Waals surface area (Å²) >= 11 is 5.92. The lowest BCUT2D eigenvalue weighted by Crippen LogP contribution is -2.15. The first-order valence-electron chi connectivity index (χ1n) is 5.33. The molecule has 1 rings (SSSR count). The van der Waals surface area contributed by atoms with Crippen molar-refractivity contribution in [2.45, 2.75) is 18.8 Å². The molecular weight excluding hydrogens is 242 g/mol. The number of hydrogen-bond acceptors (Lipinski definition) is 3. The summed E-state index contributed by atoms with van der Waals surface area (Å²) in [5.74, 6) is -0.195. The number of carboxylic acids is 1. The quantitative estimate of drug-likeness (QED) is 0.820. The summed E-state index contributed by atoms with van der Waals surface area (Å²) in [5.41, 5.74) is 6.54. The van der Waals surface area contributed by atoms with E-state index in [2.05, 4.69) is 0 Å². The Morgan fingerprint density at radius 1 is 1.59 bits per heavy atom. The average Bonchev–Trinajstić information content (AvgIpc) is 2.30. The fourth-order valence-electron chi connectivity index (χ4n) is 1.72. The standard InChI is InChI=1S/C12H16ClNO3/c1-17-11-4-3-9(13)6-10(11)8(7-14)2-5-12(15)16/h3-4,6,8H,2,5,7,14H2,1H3,(H,15,16). The summed E-state index contributed by atoms with van der Waals surface area (Å²) in [5, 5.41) is 9.28. The van der Waals surface area contributed by atoms with Gasteiger partial charge < -0.3 is 15.6 Å². The van der Waals surface area contributed by atoms with Gasteiger partial charge in [-0.05, 0) is 36.7 Å². The van der Waals surface area contributed by atoms with Crippen LogP contribution in [0.15, 0.2) is 18.2 Å². The summed E-state index contributed by atoms with van der Waals surface area (Å²) in [6.45, 7) is 0.365. The van der Waals surface area contributed by atoms with Crippen molar-refractivity contribution in [2.75, 3.05) is 13.7 Å². The van der Waals surface area contributed by atoms with Crippen molar-refractivity contribution in [3.8, 4) is 5.75 Å². The molecule has 0 aliphatic heterocycles. The van der Waals surface area contributed by atoms with E-state index in [1.54, 1.807) is 25.3 Å². The monoisotopic (exact) mass is 257 g/mol. The molecule has 0 aliphatic carbocycles. The van der Waals surface area contributed by atoms with E-state index in [0.717, 1.165) is 5.56 Å². The molecule has 17 heavy (non-hydrogen) atoms. The number of hydrogen-bond donors (Lipinski definition) is 2. The van der Waals surface area contributed by atoms with Gasteiger partial charge in [0.15, 0.2) is 0 Å². The first-order chi connectivity index (χ1) is 8.08. The number of rotatable bonds is 6. The highest BCUT2D eigenvalue weighted by atomic mass is 35.5. The zero-order chi connectivity index (χ0) is 12.8. The molecule has 0 amide bonds. The Bertz CT molecular complexity index is 395. The number of carboxylic acid groups (broad SMARTS) is 1. The topological polar surface area (TPSA) is 72.5 Å². The molecule has 0 saturated carbocycles. The number of halogens is 1. The molecule has 1 unspecified atom stereocenters. The van der Waals surface area contributed by atoms with E-state index in [-0.39, 0.29) is 12.3 Å². The molecule has 0 radical (unpaired) electrons. The molecule has 5 heteroatoms. The number of aliphatic carboxylic acids is 1. The molecule has 4 nitrogen and oxygen atoms in total. The molecule has 0 fully saturated rings. The molecule has 1 aromatic rings. The van der Waals surface area contributed by atoms with Crippen LogP contribution < -0.4 is 10.5 Å². The number of nitrogens with two attached hydrogens (primary N) is 1. The first kappa shape index (κ1) is 13.8. The zero-order valence-electron chi connectivity index (χ0n) is 9.65. The second-order valence-electron chi connectivity index (χ2n) is 3.75. The molecule has 3 N–H and O–H groups in total. The van der Waals surface area contributed by atoms with Crippen LogP contribution >= 0.6 is 11.6 Å². The third-order valence-electron chi connectivity index (χ3n) is 2.62. The number of carbonyl (C=O) groups is 1. The maximum atomic E-state index is 10.6. The van der Waals surface area contributed by atoms with E-state index in [1.165, 1.54) is 0 Å². The highest BCUT2D eigenvalue weighted by Gasteiger charge is 2.16. The Morgan fingerprint density at radius 2 is 2.29 bits per heavy atom. The number of methoxy groups -OCH3 is 1. The average molecular weight is 258 g/mol. The zero-order valence-corrected chi connectivity index (χ0v) is 10.4. The van der Waals surface area contributed by atoms with Crippen LogP contribution in [0, 0.1) is 0 Å². The van der Waals surface area contributed by atoms with Crippen molar-refractivity contribution in [2.24, 2.45) is 5.73 Å². The van der Waals surface area contributed by atoms with Gasteiger partial charge in [0.05, 0.1) is 7.11 Å². The van der Waals surface area contributed by atoms with Crippen molar-refractivity contribution in [1.82, 2.24) is 0 Å². The fourth-order valence-corrected chi connectivity index (χ4v) is 1.90. The third kappa shape index (κ3) is 3.91. The number of ether oxygens (including phenoxy) is 1. The van der Waals surface area contributed by atoms with Crippen LogP contribution in [0.3, 0.4) is 0 Å². The maximum absolute atomic E-state index is 10.6. The largest absolute Gasteiger partial charge is 0.496 e. The molecule has 0 aromatic heterocycles. The van der Waals surface area contributed by atoms with Crippen LogP contribution in [-0.2, 0) is 4.79 Å². The minimum absolute atomic E-state index is 0.0558. The van der Waals surface area contributed by atoms with E-state index < -0.39 is 5.97 Å². The van der Waals surface area contributed by atoms with Crippen molar-refractivity contribution >= 4 is 17.6 Å². The van der Waals surface area contributed by atoms with Crippen LogP contribution in [0.5, 0.6) is 5.75 Å². The van der Waals surface area contributed by atoms with Gasteiger partial charge in [0, 0.05) is 17.4 Å². The van der Waals surface area contributed by atoms with E-state index in [1.807, 2.05) is 0 Å². The molecule has 0 bridgehead atoms. The Labute approximate surface area is 105 Å². The van der Waals surface area contributed by atoms with Crippen molar-refractivity contribution in [3.63, 3.8) is 0 Å². The first-order valence-corrected chi connectivity index (χ1v) is 5.71. The van der Waals surface area contributed by atoms with Gasteiger partial charge in [0.1, 0.15) is 5.75 Å². The lowest BCUT2D eigenvalue weighted by atomic mass is 9.93. The molecule has 0 spiro atoms. The summed E-state index contributed by atoms with van der Waals surface area (Å²) in [6, 6.07) is 5.27. The number of benzene rings is 1. The Balaban J connectivity index is 2.93. The Morgan fingerprint density at radius 3 is 2.82 bits per heavy atom. The summed E-state index contributed by atoms with van der Waals surface area (Å²) in [7, 11) is 1.57. The summed E-state index contributed by atoms with van der Waals surface area (Å²) < 4.78 is 5.23. The molecular formula is C12H16ClNO3. The molecule has 0 saturated heterocycles. The van der Waals surface area contributed by atoms with Gasteiger partial charge in [-0.25, -0.2) is 0 Å². The highest BCUT2D eigenvalue weighted by molar-refractivity contribution is 6.30. The lowest BCUT2D eigenvalue weighted by molar-refractivity contribution is -0.137. The molecule has 94 valence electrons. The SMILES string of the molecule is COc1ccc(Cl)cc1C(CN)CCC(=O)O. The molecule has 1 atom stereocenters. The summed E-state index contributed by atoms with van der Waals surface area (Å²) in [6.07, 6.45) is 0.556. The minimum Gasteiger partial charge on any atom is -0.496 e. The predicted molar refractivity (Wildman–Crippen MR) is 66.7 cm³/mol. The maximum Gasteiger partial charge on any atom is 0.303 e. The van der Waals surface area contributed by atoms with Gasteiger partial charge in [-0.1, -0.05) is 11.6 Å². The van der Waals surface area contributed by atoms with Crippen LogP contribution in [0.25, 0.3) is 0 Å². The van der Waals surface area contributed by atoms with Crippen molar-refractivity contribution in [1.29, 1.82) is 0 Å². The van der Waals surface area contributed by atoms with Gasteiger partial charge in [0.2, 0.25) is 0 Å². The van der Waals surface area contributed by atoms with Gasteiger partial charge in [0.25, 0.3) is 0 Å². The van der Waals surface area contributed by atoms with E-state index >= 15 is 0 Å². The Hall–Kier alpha value is -1.26. The normalized spacial score (nSPS) is 12.2. The third-order valence-corrected chi connectivity index (χ3v) is 2.86. The van der Waals surface area contributed by atoms with Gasteiger partial charge >= 0.3 is 5.97 Å². The Kier molecular flexibility index (Phi) is 5.25. The van der Waals surface area contributed by atoms with Gasteiger partial charge in [-0.3, -0.25) is 4.79 Å². The van der Waals surface area contributed by atoms with Crippen molar-refractivity contribution in [3.05, 3.63) is 28.8 Å². The minimum atomic E-state index is -0.829. The van der Waals surface area contributed by atoms with Crippen LogP contribution in [0.4, 0.5) is 0 Å². The van der Waals surface area contributed by atoms with E-state index in [9.17, 15) is 4.79 Å².